The van der Waals surface area contributed by atoms with Crippen molar-refractivity contribution in [3.05, 3.63) is 93.0 Å². The quantitative estimate of drug-likeness (QED) is 0.394. The third-order valence-electron chi connectivity index (χ3n) is 6.78. The summed E-state index contributed by atoms with van der Waals surface area (Å²) in [6, 6.07) is 13.5. The van der Waals surface area contributed by atoms with Gasteiger partial charge in [0.25, 0.3) is 0 Å². The number of hydrogen-bond donors (Lipinski definition) is 1. The first-order valence-corrected chi connectivity index (χ1v) is 12.2. The van der Waals surface area contributed by atoms with Gasteiger partial charge in [-0.15, -0.1) is 0 Å². The third kappa shape index (κ3) is 4.96. The minimum Gasteiger partial charge on any atom is -0.478 e. The topological polar surface area (TPSA) is 62.1 Å². The minimum atomic E-state index is -0.963. The minimum absolute atomic E-state index is 0.157. The maximum atomic E-state index is 14.3. The number of carboxylic acids is 1. The van der Waals surface area contributed by atoms with Gasteiger partial charge in [-0.3, -0.25) is 4.90 Å². The molecule has 0 aliphatic carbocycles. The fraction of sp³-hybridized carbons (Fsp3) is 0.259. The molecule has 1 fully saturated rings. The normalized spacial score (nSPS) is 17.2. The first-order valence-electron chi connectivity index (χ1n) is 11.5. The Kier molecular flexibility index (Phi) is 6.72. The molecule has 0 unspecified atom stereocenters. The molecule has 2 heterocycles. The van der Waals surface area contributed by atoms with Crippen LogP contribution in [0.25, 0.3) is 11.1 Å². The van der Waals surface area contributed by atoms with Gasteiger partial charge < -0.3 is 9.94 Å². The van der Waals surface area contributed by atoms with Crippen molar-refractivity contribution in [2.45, 2.75) is 31.4 Å². The molecule has 3 aromatic rings. The summed E-state index contributed by atoms with van der Waals surface area (Å²) < 4.78 is 27.6. The molecule has 3 aromatic carbocycles. The number of oxime groups is 1. The van der Waals surface area contributed by atoms with Gasteiger partial charge in [-0.1, -0.05) is 40.5 Å². The first-order chi connectivity index (χ1) is 17.2. The van der Waals surface area contributed by atoms with Crippen LogP contribution >= 0.6 is 23.2 Å². The van der Waals surface area contributed by atoms with Crippen LogP contribution in [-0.4, -0.2) is 40.4 Å². The Hall–Kier alpha value is -3.00. The van der Waals surface area contributed by atoms with Crippen molar-refractivity contribution in [2.24, 2.45) is 5.16 Å². The van der Waals surface area contributed by atoms with Crippen LogP contribution in [0.1, 0.15) is 40.7 Å². The molecule has 1 saturated heterocycles. The van der Waals surface area contributed by atoms with E-state index in [0.29, 0.717) is 28.6 Å². The van der Waals surface area contributed by atoms with Crippen LogP contribution in [0.2, 0.25) is 10.0 Å². The smallest absolute Gasteiger partial charge is 0.335 e. The number of carbonyl (C=O) groups is 1. The van der Waals surface area contributed by atoms with Crippen LogP contribution in [0.4, 0.5) is 8.78 Å². The van der Waals surface area contributed by atoms with Gasteiger partial charge in [-0.05, 0) is 47.5 Å². The summed E-state index contributed by atoms with van der Waals surface area (Å²) in [4.78, 5) is 19.2. The molecular formula is C27H22Cl2F2N2O3. The standard InChI is InChI=1S/C27H22Cl2F2N2O3/c28-21-11-16(12-22(29)25(21)20-6-5-19(30)13-23(20)31)15-33-9-7-27(8-10-33)14-24(32-36-27)17-1-3-18(4-2-17)26(34)35/h1-6,11-13H,7-10,14-15H2,(H,34,35). The van der Waals surface area contributed by atoms with Crippen molar-refractivity contribution in [2.75, 3.05) is 13.1 Å². The Morgan fingerprint density at radius 3 is 2.31 bits per heavy atom. The summed E-state index contributed by atoms with van der Waals surface area (Å²) in [7, 11) is 0. The van der Waals surface area contributed by atoms with Gasteiger partial charge in [0.1, 0.15) is 17.2 Å². The largest absolute Gasteiger partial charge is 0.478 e. The van der Waals surface area contributed by atoms with Crippen LogP contribution in [-0.2, 0) is 11.4 Å². The fourth-order valence-electron chi connectivity index (χ4n) is 4.79. The molecule has 0 saturated carbocycles. The van der Waals surface area contributed by atoms with Gasteiger partial charge in [0.2, 0.25) is 0 Å². The SMILES string of the molecule is O=C(O)c1ccc(C2=NOC3(CCN(Cc4cc(Cl)c(-c5ccc(F)cc5F)c(Cl)c4)CC3)C2)cc1. The van der Waals surface area contributed by atoms with Crippen molar-refractivity contribution >= 4 is 34.9 Å². The van der Waals surface area contributed by atoms with Gasteiger partial charge in [-0.2, -0.15) is 0 Å². The summed E-state index contributed by atoms with van der Waals surface area (Å²) in [6.45, 7) is 2.18. The van der Waals surface area contributed by atoms with Crippen molar-refractivity contribution in [1.29, 1.82) is 0 Å². The fourth-order valence-corrected chi connectivity index (χ4v) is 5.53. The van der Waals surface area contributed by atoms with Gasteiger partial charge in [0.05, 0.1) is 21.3 Å². The molecule has 0 aromatic heterocycles. The number of rotatable bonds is 5. The molecule has 2 aliphatic heterocycles. The van der Waals surface area contributed by atoms with E-state index in [-0.39, 0.29) is 16.7 Å². The van der Waals surface area contributed by atoms with Gasteiger partial charge >= 0.3 is 5.97 Å². The maximum absolute atomic E-state index is 14.3. The van der Waals surface area contributed by atoms with Gasteiger partial charge in [0, 0.05) is 56.1 Å². The molecule has 9 heteroatoms. The van der Waals surface area contributed by atoms with E-state index in [2.05, 4.69) is 10.1 Å². The van der Waals surface area contributed by atoms with E-state index in [1.54, 1.807) is 36.4 Å². The number of hydrogen-bond acceptors (Lipinski definition) is 4. The molecule has 1 N–H and O–H groups in total. The molecule has 36 heavy (non-hydrogen) atoms. The van der Waals surface area contributed by atoms with Gasteiger partial charge in [-0.25, -0.2) is 13.6 Å². The van der Waals surface area contributed by atoms with Crippen molar-refractivity contribution < 1.29 is 23.5 Å². The second-order valence-electron chi connectivity index (χ2n) is 9.21. The molecule has 0 atom stereocenters. The average Bonchev–Trinajstić information content (AvgIpc) is 3.25. The summed E-state index contributed by atoms with van der Waals surface area (Å²) in [6.07, 6.45) is 2.24. The monoisotopic (exact) mass is 530 g/mol. The number of nitrogens with zero attached hydrogens (tertiary/aromatic N) is 2. The number of piperidine rings is 1. The Balaban J connectivity index is 1.22. The number of likely N-dealkylation sites (tertiary alicyclic amines) is 1. The highest BCUT2D eigenvalue weighted by Crippen LogP contribution is 2.39. The molecule has 1 spiro atoms. The van der Waals surface area contributed by atoms with Crippen LogP contribution in [0, 0.1) is 11.6 Å². The van der Waals surface area contributed by atoms with Crippen LogP contribution in [0.5, 0.6) is 0 Å². The second-order valence-corrected chi connectivity index (χ2v) is 10.0. The predicted octanol–water partition coefficient (Wildman–Crippen LogP) is 6.80. The lowest BCUT2D eigenvalue weighted by molar-refractivity contribution is -0.0627. The lowest BCUT2D eigenvalue weighted by atomic mass is 9.85. The molecule has 0 bridgehead atoms. The highest BCUT2D eigenvalue weighted by molar-refractivity contribution is 6.39. The molecule has 0 amide bonds. The Morgan fingerprint density at radius 2 is 1.69 bits per heavy atom. The van der Waals surface area contributed by atoms with Crippen molar-refractivity contribution in [1.82, 2.24) is 4.90 Å². The average molecular weight is 531 g/mol. The zero-order chi connectivity index (χ0) is 25.4. The maximum Gasteiger partial charge on any atom is 0.335 e. The van der Waals surface area contributed by atoms with Crippen LogP contribution in [0.15, 0.2) is 59.8 Å². The van der Waals surface area contributed by atoms with E-state index in [1.165, 1.54) is 12.1 Å². The Bertz CT molecular complexity index is 1330. The van der Waals surface area contributed by atoms with E-state index < -0.39 is 17.6 Å². The third-order valence-corrected chi connectivity index (χ3v) is 7.38. The summed E-state index contributed by atoms with van der Waals surface area (Å²) in [5.74, 6) is -2.35. The van der Waals surface area contributed by atoms with Crippen LogP contribution in [0.3, 0.4) is 0 Å². The number of carboxylic acid groups (broad SMARTS) is 1. The molecule has 186 valence electrons. The van der Waals surface area contributed by atoms with Crippen molar-refractivity contribution in [3.8, 4) is 11.1 Å². The van der Waals surface area contributed by atoms with Gasteiger partial charge in [0.15, 0.2) is 0 Å². The number of aromatic carboxylic acids is 1. The van der Waals surface area contributed by atoms with E-state index in [0.717, 1.165) is 48.8 Å². The Labute approximate surface area is 216 Å². The number of halogens is 4. The Morgan fingerprint density at radius 1 is 1.03 bits per heavy atom. The number of benzene rings is 3. The molecule has 5 rings (SSSR count). The van der Waals surface area contributed by atoms with E-state index in [9.17, 15) is 13.6 Å². The lowest BCUT2D eigenvalue weighted by Crippen LogP contribution is -2.44. The highest BCUT2D eigenvalue weighted by atomic mass is 35.5. The first kappa shape index (κ1) is 24.7. The van der Waals surface area contributed by atoms with Crippen molar-refractivity contribution in [3.63, 3.8) is 0 Å². The highest BCUT2D eigenvalue weighted by Gasteiger charge is 2.42. The molecule has 2 aliphatic rings. The summed E-state index contributed by atoms with van der Waals surface area (Å²) >= 11 is 12.9. The summed E-state index contributed by atoms with van der Waals surface area (Å²) in [5, 5.41) is 14.0. The van der Waals surface area contributed by atoms with E-state index in [1.807, 2.05) is 0 Å². The second kappa shape index (κ2) is 9.81. The lowest BCUT2D eigenvalue weighted by Gasteiger charge is -2.37. The van der Waals surface area contributed by atoms with E-state index in [4.69, 9.17) is 33.1 Å². The molecule has 5 nitrogen and oxygen atoms in total. The molecule has 0 radical (unpaired) electrons. The molecular weight excluding hydrogens is 509 g/mol. The van der Waals surface area contributed by atoms with Crippen LogP contribution < -0.4 is 0 Å². The van der Waals surface area contributed by atoms with E-state index >= 15 is 0 Å². The zero-order valence-electron chi connectivity index (χ0n) is 19.1. The predicted molar refractivity (Wildman–Crippen MR) is 135 cm³/mol. The summed E-state index contributed by atoms with van der Waals surface area (Å²) in [5.41, 5.74) is 2.95. The zero-order valence-corrected chi connectivity index (χ0v) is 20.6.